The van der Waals surface area contributed by atoms with E-state index in [1.165, 1.54) is 5.69 Å². The summed E-state index contributed by atoms with van der Waals surface area (Å²) in [6.07, 6.45) is 0.220. The number of carbonyl (C=O) groups is 2. The van der Waals surface area contributed by atoms with Crippen molar-refractivity contribution < 1.29 is 9.59 Å². The molecule has 2 amide bonds. The lowest BCUT2D eigenvalue weighted by Gasteiger charge is -2.35. The molecule has 1 atom stereocenters. The van der Waals surface area contributed by atoms with E-state index in [9.17, 15) is 9.59 Å². The summed E-state index contributed by atoms with van der Waals surface area (Å²) in [6.45, 7) is 8.06. The van der Waals surface area contributed by atoms with Gasteiger partial charge in [0, 0.05) is 55.6 Å². The van der Waals surface area contributed by atoms with Crippen molar-refractivity contribution in [3.05, 3.63) is 59.7 Å². The van der Waals surface area contributed by atoms with Crippen LogP contribution in [-0.2, 0) is 4.79 Å². The number of rotatable bonds is 6. The minimum absolute atomic E-state index is 0.113. The first-order valence-corrected chi connectivity index (χ1v) is 10.1. The number of carbonyl (C=O) groups excluding carboxylic acids is 2. The topological polar surface area (TPSA) is 64.7 Å². The van der Waals surface area contributed by atoms with Crippen molar-refractivity contribution in [2.75, 3.05) is 43.4 Å². The van der Waals surface area contributed by atoms with Gasteiger partial charge in [0.25, 0.3) is 5.91 Å². The quantitative estimate of drug-likeness (QED) is 0.791. The normalized spacial score (nSPS) is 15.6. The van der Waals surface area contributed by atoms with E-state index in [-0.39, 0.29) is 24.3 Å². The van der Waals surface area contributed by atoms with Crippen molar-refractivity contribution in [1.29, 1.82) is 0 Å². The van der Waals surface area contributed by atoms with Crippen molar-refractivity contribution in [3.8, 4) is 0 Å². The maximum absolute atomic E-state index is 12.4. The standard InChI is InChI=1S/C23H30N4O2/c1-17-15-20(9-10-21(17)27-13-11-26(3)12-14-27)25-22(28)16-18(2)24-23(29)19-7-5-4-6-8-19/h4-10,15,18H,11-14,16H2,1-3H3,(H,24,29)(H,25,28). The maximum atomic E-state index is 12.4. The summed E-state index contributed by atoms with van der Waals surface area (Å²) >= 11 is 0. The van der Waals surface area contributed by atoms with Gasteiger partial charge in [-0.2, -0.15) is 0 Å². The predicted molar refractivity (Wildman–Crippen MR) is 118 cm³/mol. The molecular formula is C23H30N4O2. The van der Waals surface area contributed by atoms with Crippen molar-refractivity contribution in [2.24, 2.45) is 0 Å². The molecule has 0 radical (unpaired) electrons. The van der Waals surface area contributed by atoms with Gasteiger partial charge in [-0.05, 0) is 56.8 Å². The lowest BCUT2D eigenvalue weighted by Crippen LogP contribution is -2.44. The van der Waals surface area contributed by atoms with Crippen LogP contribution in [0.5, 0.6) is 0 Å². The van der Waals surface area contributed by atoms with E-state index in [0.717, 1.165) is 37.4 Å². The van der Waals surface area contributed by atoms with E-state index in [1.54, 1.807) is 12.1 Å². The molecule has 3 rings (SSSR count). The molecule has 0 bridgehead atoms. The van der Waals surface area contributed by atoms with Gasteiger partial charge in [0.05, 0.1) is 0 Å². The minimum atomic E-state index is -0.256. The Morgan fingerprint density at radius 1 is 1.03 bits per heavy atom. The van der Waals surface area contributed by atoms with Crippen LogP contribution in [0, 0.1) is 6.92 Å². The molecule has 1 fully saturated rings. The second-order valence-electron chi connectivity index (χ2n) is 7.78. The first kappa shape index (κ1) is 20.9. The highest BCUT2D eigenvalue weighted by Crippen LogP contribution is 2.24. The Balaban J connectivity index is 1.52. The summed E-state index contributed by atoms with van der Waals surface area (Å²) in [5, 5.41) is 5.82. The Kier molecular flexibility index (Phi) is 6.88. The van der Waals surface area contributed by atoms with Crippen molar-refractivity contribution in [2.45, 2.75) is 26.3 Å². The lowest BCUT2D eigenvalue weighted by atomic mass is 10.1. The first-order chi connectivity index (χ1) is 13.9. The molecule has 0 saturated carbocycles. The fourth-order valence-electron chi connectivity index (χ4n) is 3.57. The average Bonchev–Trinajstić information content (AvgIpc) is 2.69. The third-order valence-electron chi connectivity index (χ3n) is 5.23. The molecule has 29 heavy (non-hydrogen) atoms. The fraction of sp³-hybridized carbons (Fsp3) is 0.391. The van der Waals surface area contributed by atoms with Crippen molar-refractivity contribution >= 4 is 23.2 Å². The Hall–Kier alpha value is -2.86. The highest BCUT2D eigenvalue weighted by Gasteiger charge is 2.17. The van der Waals surface area contributed by atoms with Crippen LogP contribution in [0.3, 0.4) is 0 Å². The van der Waals surface area contributed by atoms with Gasteiger partial charge in [-0.15, -0.1) is 0 Å². The highest BCUT2D eigenvalue weighted by molar-refractivity contribution is 5.95. The Morgan fingerprint density at radius 3 is 2.38 bits per heavy atom. The van der Waals surface area contributed by atoms with Gasteiger partial charge in [-0.1, -0.05) is 18.2 Å². The van der Waals surface area contributed by atoms with Gasteiger partial charge in [-0.3, -0.25) is 9.59 Å². The molecular weight excluding hydrogens is 364 g/mol. The largest absolute Gasteiger partial charge is 0.369 e. The van der Waals surface area contributed by atoms with Crippen LogP contribution in [0.4, 0.5) is 11.4 Å². The number of benzene rings is 2. The monoisotopic (exact) mass is 394 g/mol. The lowest BCUT2D eigenvalue weighted by molar-refractivity contribution is -0.116. The second-order valence-corrected chi connectivity index (χ2v) is 7.78. The number of hydrogen-bond donors (Lipinski definition) is 2. The minimum Gasteiger partial charge on any atom is -0.369 e. The summed E-state index contributed by atoms with van der Waals surface area (Å²) in [5.74, 6) is -0.282. The fourth-order valence-corrected chi connectivity index (χ4v) is 3.57. The van der Waals surface area contributed by atoms with E-state index in [1.807, 2.05) is 37.3 Å². The van der Waals surface area contributed by atoms with Crippen molar-refractivity contribution in [1.82, 2.24) is 10.2 Å². The molecule has 0 spiro atoms. The molecule has 6 heteroatoms. The maximum Gasteiger partial charge on any atom is 0.251 e. The summed E-state index contributed by atoms with van der Waals surface area (Å²) in [4.78, 5) is 29.3. The number of likely N-dealkylation sites (N-methyl/N-ethyl adjacent to an activating group) is 1. The Bertz CT molecular complexity index is 845. The molecule has 1 aliphatic heterocycles. The molecule has 154 valence electrons. The number of piperazine rings is 1. The molecule has 1 aliphatic rings. The van der Waals surface area contributed by atoms with Gasteiger partial charge in [0.2, 0.25) is 5.91 Å². The summed E-state index contributed by atoms with van der Waals surface area (Å²) in [7, 11) is 2.14. The summed E-state index contributed by atoms with van der Waals surface area (Å²) in [5.41, 5.74) is 3.75. The Labute approximate surface area is 172 Å². The number of nitrogens with one attached hydrogen (secondary N) is 2. The number of amides is 2. The zero-order chi connectivity index (χ0) is 20.8. The van der Waals surface area contributed by atoms with Crippen LogP contribution in [-0.4, -0.2) is 56.0 Å². The summed E-state index contributed by atoms with van der Waals surface area (Å²) < 4.78 is 0. The van der Waals surface area contributed by atoms with Crippen LogP contribution >= 0.6 is 0 Å². The second kappa shape index (κ2) is 9.56. The average molecular weight is 395 g/mol. The molecule has 0 aliphatic carbocycles. The molecule has 1 saturated heterocycles. The third kappa shape index (κ3) is 5.81. The van der Waals surface area contributed by atoms with Crippen LogP contribution in [0.15, 0.2) is 48.5 Å². The Morgan fingerprint density at radius 2 is 1.72 bits per heavy atom. The van der Waals surface area contributed by atoms with E-state index < -0.39 is 0 Å². The third-order valence-corrected chi connectivity index (χ3v) is 5.23. The molecule has 0 aromatic heterocycles. The van der Waals surface area contributed by atoms with Crippen LogP contribution in [0.25, 0.3) is 0 Å². The van der Waals surface area contributed by atoms with E-state index in [0.29, 0.717) is 5.56 Å². The van der Waals surface area contributed by atoms with Crippen LogP contribution in [0.2, 0.25) is 0 Å². The van der Waals surface area contributed by atoms with Gasteiger partial charge >= 0.3 is 0 Å². The van der Waals surface area contributed by atoms with Gasteiger partial charge in [-0.25, -0.2) is 0 Å². The van der Waals surface area contributed by atoms with Gasteiger partial charge in [0.1, 0.15) is 0 Å². The smallest absolute Gasteiger partial charge is 0.251 e. The number of nitrogens with zero attached hydrogens (tertiary/aromatic N) is 2. The van der Waals surface area contributed by atoms with E-state index in [4.69, 9.17) is 0 Å². The van der Waals surface area contributed by atoms with E-state index >= 15 is 0 Å². The number of aryl methyl sites for hydroxylation is 1. The van der Waals surface area contributed by atoms with Crippen molar-refractivity contribution in [3.63, 3.8) is 0 Å². The zero-order valence-electron chi connectivity index (χ0n) is 17.4. The SMILES string of the molecule is Cc1cc(NC(=O)CC(C)NC(=O)c2ccccc2)ccc1N1CCN(C)CC1. The zero-order valence-corrected chi connectivity index (χ0v) is 17.4. The number of hydrogen-bond acceptors (Lipinski definition) is 4. The molecule has 6 nitrogen and oxygen atoms in total. The summed E-state index contributed by atoms with van der Waals surface area (Å²) in [6, 6.07) is 14.8. The highest BCUT2D eigenvalue weighted by atomic mass is 16.2. The molecule has 2 aromatic carbocycles. The van der Waals surface area contributed by atoms with Crippen LogP contribution < -0.4 is 15.5 Å². The van der Waals surface area contributed by atoms with Gasteiger partial charge in [0.15, 0.2) is 0 Å². The predicted octanol–water partition coefficient (Wildman–Crippen LogP) is 2.89. The number of anilines is 2. The molecule has 2 N–H and O–H groups in total. The van der Waals surface area contributed by atoms with Gasteiger partial charge < -0.3 is 20.4 Å². The molecule has 1 unspecified atom stereocenters. The first-order valence-electron chi connectivity index (χ1n) is 10.1. The molecule has 2 aromatic rings. The van der Waals surface area contributed by atoms with E-state index in [2.05, 4.69) is 40.5 Å². The molecule has 1 heterocycles. The van der Waals surface area contributed by atoms with Crippen LogP contribution in [0.1, 0.15) is 29.3 Å².